The van der Waals surface area contributed by atoms with Gasteiger partial charge in [-0.3, -0.25) is 4.98 Å². The van der Waals surface area contributed by atoms with Gasteiger partial charge in [0.05, 0.1) is 17.8 Å². The zero-order valence-electron chi connectivity index (χ0n) is 19.7. The van der Waals surface area contributed by atoms with Gasteiger partial charge >= 0.3 is 0 Å². The Balaban J connectivity index is 1.70. The van der Waals surface area contributed by atoms with E-state index in [9.17, 15) is 4.39 Å². The van der Waals surface area contributed by atoms with E-state index in [1.807, 2.05) is 18.2 Å². The minimum atomic E-state index is -0.271. The van der Waals surface area contributed by atoms with E-state index >= 15 is 0 Å². The quantitative estimate of drug-likeness (QED) is 0.349. The van der Waals surface area contributed by atoms with E-state index in [0.29, 0.717) is 5.11 Å². The zero-order valence-corrected chi connectivity index (χ0v) is 20.5. The van der Waals surface area contributed by atoms with Crippen LogP contribution in [-0.2, 0) is 0 Å². The fraction of sp³-hybridized carbons (Fsp3) is 0.214. The van der Waals surface area contributed by atoms with Gasteiger partial charge in [0, 0.05) is 29.0 Å². The highest BCUT2D eigenvalue weighted by molar-refractivity contribution is 7.80. The van der Waals surface area contributed by atoms with Crippen LogP contribution in [0.15, 0.2) is 72.9 Å². The maximum Gasteiger partial charge on any atom is 0.174 e. The van der Waals surface area contributed by atoms with Crippen LogP contribution < -0.4 is 10.2 Å². The van der Waals surface area contributed by atoms with Crippen molar-refractivity contribution < 1.29 is 4.39 Å². The summed E-state index contributed by atoms with van der Waals surface area (Å²) in [7, 11) is 0. The molecule has 1 aliphatic rings. The maximum absolute atomic E-state index is 13.7. The van der Waals surface area contributed by atoms with E-state index in [0.717, 1.165) is 28.3 Å². The summed E-state index contributed by atoms with van der Waals surface area (Å²) in [5, 5.41) is 4.09. The Morgan fingerprint density at radius 1 is 0.941 bits per heavy atom. The van der Waals surface area contributed by atoms with Gasteiger partial charge < -0.3 is 14.8 Å². The first kappa shape index (κ1) is 22.3. The average molecular weight is 471 g/mol. The molecular weight excluding hydrogens is 443 g/mol. The molecule has 2 aromatic carbocycles. The highest BCUT2D eigenvalue weighted by Crippen LogP contribution is 2.43. The van der Waals surface area contributed by atoms with Crippen LogP contribution in [-0.4, -0.2) is 14.7 Å². The number of rotatable bonds is 4. The van der Waals surface area contributed by atoms with Crippen molar-refractivity contribution in [2.24, 2.45) is 0 Å². The zero-order chi connectivity index (χ0) is 24.0. The third-order valence-corrected chi connectivity index (χ3v) is 6.91. The summed E-state index contributed by atoms with van der Waals surface area (Å²) in [6.07, 6.45) is 1.80. The van der Waals surface area contributed by atoms with Gasteiger partial charge in [0.15, 0.2) is 5.11 Å². The molecule has 5 rings (SSSR count). The first-order chi connectivity index (χ1) is 16.3. The second-order valence-electron chi connectivity index (χ2n) is 8.92. The largest absolute Gasteiger partial charge is 0.351 e. The van der Waals surface area contributed by atoms with Crippen LogP contribution in [0.25, 0.3) is 5.69 Å². The van der Waals surface area contributed by atoms with Crippen molar-refractivity contribution in [3.63, 3.8) is 0 Å². The van der Waals surface area contributed by atoms with E-state index in [-0.39, 0.29) is 17.9 Å². The highest BCUT2D eigenvalue weighted by Gasteiger charge is 2.42. The van der Waals surface area contributed by atoms with Gasteiger partial charge in [-0.2, -0.15) is 0 Å². The van der Waals surface area contributed by atoms with Crippen LogP contribution in [0.1, 0.15) is 45.9 Å². The molecule has 172 valence electrons. The van der Waals surface area contributed by atoms with Crippen molar-refractivity contribution in [3.8, 4) is 5.69 Å². The third kappa shape index (κ3) is 3.78. The summed E-state index contributed by atoms with van der Waals surface area (Å²) >= 11 is 5.81. The molecule has 0 bridgehead atoms. The number of nitrogens with one attached hydrogen (secondary N) is 1. The minimum Gasteiger partial charge on any atom is -0.351 e. The van der Waals surface area contributed by atoms with Crippen LogP contribution in [0.4, 0.5) is 10.1 Å². The minimum absolute atomic E-state index is 0.141. The van der Waals surface area contributed by atoms with E-state index in [1.165, 1.54) is 28.9 Å². The normalized spacial score (nSPS) is 17.8. The molecule has 0 saturated carbocycles. The van der Waals surface area contributed by atoms with Gasteiger partial charge in [-0.1, -0.05) is 18.2 Å². The highest BCUT2D eigenvalue weighted by atomic mass is 32.1. The number of anilines is 1. The van der Waals surface area contributed by atoms with Gasteiger partial charge in [-0.25, -0.2) is 4.39 Å². The number of pyridine rings is 1. The summed E-state index contributed by atoms with van der Waals surface area (Å²) in [4.78, 5) is 6.73. The Bertz CT molecular complexity index is 1360. The smallest absolute Gasteiger partial charge is 0.174 e. The van der Waals surface area contributed by atoms with Gasteiger partial charge in [0.2, 0.25) is 0 Å². The summed E-state index contributed by atoms with van der Waals surface area (Å²) < 4.78 is 16.0. The fourth-order valence-corrected chi connectivity index (χ4v) is 5.31. The standard InChI is InChI=1S/C28H27FN4S/c1-17-8-9-18(2)25(15-17)32-19(3)16-23(20(32)4)27-26(24-7-5-6-14-30-24)31-28(34)33(27)22-12-10-21(29)11-13-22/h5-16,26-27H,1-4H3,(H,31,34). The SMILES string of the molecule is Cc1ccc(C)c(-n2c(C)cc(C3C(c4ccccn4)NC(=S)N3c3ccc(F)cc3)c2C)c1. The molecule has 0 amide bonds. The molecule has 1 saturated heterocycles. The average Bonchev–Trinajstić information content (AvgIpc) is 3.32. The van der Waals surface area contributed by atoms with Gasteiger partial charge in [0.1, 0.15) is 5.82 Å². The van der Waals surface area contributed by atoms with E-state index in [2.05, 4.69) is 71.7 Å². The Labute approximate surface area is 205 Å². The van der Waals surface area contributed by atoms with Crippen molar-refractivity contribution in [1.82, 2.24) is 14.9 Å². The molecule has 2 atom stereocenters. The van der Waals surface area contributed by atoms with Gasteiger partial charge in [-0.15, -0.1) is 0 Å². The van der Waals surface area contributed by atoms with Crippen molar-refractivity contribution in [2.45, 2.75) is 39.8 Å². The first-order valence-electron chi connectivity index (χ1n) is 11.4. The lowest BCUT2D eigenvalue weighted by atomic mass is 9.96. The molecule has 1 fully saturated rings. The number of thiocarbonyl (C=S) groups is 1. The molecule has 6 heteroatoms. The molecule has 2 unspecified atom stereocenters. The van der Waals surface area contributed by atoms with E-state index in [4.69, 9.17) is 12.2 Å². The molecule has 0 spiro atoms. The van der Waals surface area contributed by atoms with Crippen LogP contribution in [0.3, 0.4) is 0 Å². The third-order valence-electron chi connectivity index (χ3n) is 6.60. The monoisotopic (exact) mass is 470 g/mol. The molecule has 4 aromatic rings. The molecule has 2 aromatic heterocycles. The molecule has 3 heterocycles. The molecule has 4 nitrogen and oxygen atoms in total. The first-order valence-corrected chi connectivity index (χ1v) is 11.8. The topological polar surface area (TPSA) is 33.1 Å². The Kier molecular flexibility index (Phi) is 5.70. The Morgan fingerprint density at radius 2 is 1.71 bits per heavy atom. The number of hydrogen-bond acceptors (Lipinski definition) is 2. The van der Waals surface area contributed by atoms with Gasteiger partial charge in [-0.05, 0) is 105 Å². The van der Waals surface area contributed by atoms with E-state index in [1.54, 1.807) is 18.3 Å². The van der Waals surface area contributed by atoms with Crippen LogP contribution >= 0.6 is 12.2 Å². The Hall–Kier alpha value is -3.51. The molecule has 34 heavy (non-hydrogen) atoms. The van der Waals surface area contributed by atoms with Crippen LogP contribution in [0.5, 0.6) is 0 Å². The summed E-state index contributed by atoms with van der Waals surface area (Å²) in [5.41, 5.74) is 8.83. The predicted molar refractivity (Wildman–Crippen MR) is 139 cm³/mol. The summed E-state index contributed by atoms with van der Waals surface area (Å²) in [6, 6.07) is 20.9. The number of benzene rings is 2. The number of aromatic nitrogens is 2. The number of halogens is 1. The number of aryl methyl sites for hydroxylation is 3. The second-order valence-corrected chi connectivity index (χ2v) is 9.31. The van der Waals surface area contributed by atoms with Crippen molar-refractivity contribution >= 4 is 23.0 Å². The Morgan fingerprint density at radius 3 is 2.41 bits per heavy atom. The lowest BCUT2D eigenvalue weighted by molar-refractivity contribution is 0.565. The predicted octanol–water partition coefficient (Wildman–Crippen LogP) is 6.42. The fourth-order valence-electron chi connectivity index (χ4n) is 4.97. The maximum atomic E-state index is 13.7. The van der Waals surface area contributed by atoms with Crippen molar-refractivity contribution in [3.05, 3.63) is 113 Å². The van der Waals surface area contributed by atoms with E-state index < -0.39 is 0 Å². The van der Waals surface area contributed by atoms with Crippen LogP contribution in [0, 0.1) is 33.5 Å². The molecule has 0 radical (unpaired) electrons. The number of hydrogen-bond donors (Lipinski definition) is 1. The second kappa shape index (κ2) is 8.69. The van der Waals surface area contributed by atoms with Crippen molar-refractivity contribution in [1.29, 1.82) is 0 Å². The lowest BCUT2D eigenvalue weighted by Gasteiger charge is -2.28. The molecule has 1 aliphatic heterocycles. The summed E-state index contributed by atoms with van der Waals surface area (Å²) in [6.45, 7) is 8.55. The van der Waals surface area contributed by atoms with Crippen LogP contribution in [0.2, 0.25) is 0 Å². The molecule has 1 N–H and O–H groups in total. The lowest BCUT2D eigenvalue weighted by Crippen LogP contribution is -2.29. The molecular formula is C28H27FN4S. The van der Waals surface area contributed by atoms with Crippen molar-refractivity contribution in [2.75, 3.05) is 4.90 Å². The number of nitrogens with zero attached hydrogens (tertiary/aromatic N) is 3. The molecule has 0 aliphatic carbocycles. The summed E-state index contributed by atoms with van der Waals surface area (Å²) in [5.74, 6) is -0.271. The van der Waals surface area contributed by atoms with Gasteiger partial charge in [0.25, 0.3) is 0 Å².